The third-order valence-electron chi connectivity index (χ3n) is 3.91. The van der Waals surface area contributed by atoms with E-state index in [9.17, 15) is 4.79 Å². The Balaban J connectivity index is 1.95. The van der Waals surface area contributed by atoms with Crippen LogP contribution < -0.4 is 9.64 Å². The van der Waals surface area contributed by atoms with E-state index >= 15 is 0 Å². The van der Waals surface area contributed by atoms with Gasteiger partial charge in [-0.2, -0.15) is 0 Å². The molecule has 2 aromatic carbocycles. The second kappa shape index (κ2) is 7.77. The first-order chi connectivity index (χ1) is 12.5. The second-order valence-electron chi connectivity index (χ2n) is 5.70. The van der Waals surface area contributed by atoms with E-state index in [0.717, 1.165) is 11.3 Å². The highest BCUT2D eigenvalue weighted by molar-refractivity contribution is 6.34. The highest BCUT2D eigenvalue weighted by Crippen LogP contribution is 2.33. The summed E-state index contributed by atoms with van der Waals surface area (Å²) in [6.07, 6.45) is 3.03. The Morgan fingerprint density at radius 1 is 1.08 bits per heavy atom. The molecule has 0 saturated carbocycles. The van der Waals surface area contributed by atoms with Gasteiger partial charge in [0.05, 0.1) is 16.8 Å². The maximum Gasteiger partial charge on any atom is 0.261 e. The number of carbonyl (C=O) groups is 1. The van der Waals surface area contributed by atoms with Crippen molar-refractivity contribution in [3.05, 3.63) is 82.1 Å². The summed E-state index contributed by atoms with van der Waals surface area (Å²) in [4.78, 5) is 18.7. The van der Waals surface area contributed by atoms with E-state index in [4.69, 9.17) is 27.9 Å². The molecule has 1 amide bonds. The van der Waals surface area contributed by atoms with Crippen LogP contribution >= 0.6 is 23.2 Å². The Hall–Kier alpha value is -2.56. The highest BCUT2D eigenvalue weighted by Gasteiger charge is 2.20. The average Bonchev–Trinajstić information content (AvgIpc) is 2.64. The molecule has 3 aromatic rings. The second-order valence-corrected chi connectivity index (χ2v) is 6.54. The fourth-order valence-corrected chi connectivity index (χ4v) is 2.86. The van der Waals surface area contributed by atoms with Crippen molar-refractivity contribution in [1.29, 1.82) is 0 Å². The lowest BCUT2D eigenvalue weighted by atomic mass is 10.1. The lowest BCUT2D eigenvalue weighted by molar-refractivity contribution is 0.0990. The van der Waals surface area contributed by atoms with Crippen molar-refractivity contribution < 1.29 is 9.53 Å². The van der Waals surface area contributed by atoms with Gasteiger partial charge >= 0.3 is 0 Å². The molecule has 0 N–H and O–H groups in total. The number of amides is 1. The summed E-state index contributed by atoms with van der Waals surface area (Å²) in [6.45, 7) is 1.95. The molecule has 0 saturated heterocycles. The summed E-state index contributed by atoms with van der Waals surface area (Å²) >= 11 is 12.2. The number of carbonyl (C=O) groups excluding carboxylic acids is 1. The lowest BCUT2D eigenvalue weighted by Gasteiger charge is -2.21. The molecule has 0 aliphatic rings. The molecule has 0 fully saturated rings. The van der Waals surface area contributed by atoms with Crippen LogP contribution in [0.4, 0.5) is 5.69 Å². The van der Waals surface area contributed by atoms with E-state index in [-0.39, 0.29) is 5.91 Å². The molecule has 1 aromatic heterocycles. The molecule has 0 spiro atoms. The van der Waals surface area contributed by atoms with Crippen LogP contribution in [-0.2, 0) is 0 Å². The van der Waals surface area contributed by atoms with Crippen molar-refractivity contribution >= 4 is 34.8 Å². The van der Waals surface area contributed by atoms with E-state index in [1.807, 2.05) is 31.2 Å². The van der Waals surface area contributed by atoms with Gasteiger partial charge in [0.25, 0.3) is 5.91 Å². The number of rotatable bonds is 4. The lowest BCUT2D eigenvalue weighted by Crippen LogP contribution is -2.27. The largest absolute Gasteiger partial charge is 0.453 e. The van der Waals surface area contributed by atoms with Crippen LogP contribution in [-0.4, -0.2) is 17.9 Å². The summed E-state index contributed by atoms with van der Waals surface area (Å²) in [5, 5.41) is 0.877. The first kappa shape index (κ1) is 18.2. The maximum atomic E-state index is 13.0. The fourth-order valence-electron chi connectivity index (χ4n) is 2.54. The molecule has 3 rings (SSSR count). The van der Waals surface area contributed by atoms with Gasteiger partial charge in [-0.1, -0.05) is 41.4 Å². The van der Waals surface area contributed by atoms with Gasteiger partial charge in [-0.25, -0.2) is 0 Å². The molecule has 4 nitrogen and oxygen atoms in total. The number of nitrogens with zero attached hydrogens (tertiary/aromatic N) is 2. The zero-order chi connectivity index (χ0) is 18.7. The van der Waals surface area contributed by atoms with Crippen LogP contribution in [0.3, 0.4) is 0 Å². The van der Waals surface area contributed by atoms with Crippen LogP contribution in [0.15, 0.2) is 60.9 Å². The third kappa shape index (κ3) is 3.82. The topological polar surface area (TPSA) is 42.4 Å². The number of hydrogen-bond acceptors (Lipinski definition) is 3. The van der Waals surface area contributed by atoms with E-state index < -0.39 is 0 Å². The van der Waals surface area contributed by atoms with Crippen LogP contribution in [0.25, 0.3) is 0 Å². The van der Waals surface area contributed by atoms with Gasteiger partial charge in [-0.3, -0.25) is 9.78 Å². The van der Waals surface area contributed by atoms with Gasteiger partial charge in [0.2, 0.25) is 0 Å². The molecular weight excluding hydrogens is 371 g/mol. The number of pyridine rings is 1. The molecule has 0 bridgehead atoms. The first-order valence-electron chi connectivity index (χ1n) is 7.88. The molecule has 132 valence electrons. The van der Waals surface area contributed by atoms with E-state index in [1.54, 1.807) is 42.4 Å². The number of anilines is 1. The summed E-state index contributed by atoms with van der Waals surface area (Å²) in [5.74, 6) is 0.455. The van der Waals surface area contributed by atoms with Crippen molar-refractivity contribution in [2.45, 2.75) is 6.92 Å². The minimum absolute atomic E-state index is 0.213. The monoisotopic (exact) mass is 386 g/mol. The average molecular weight is 387 g/mol. The van der Waals surface area contributed by atoms with Crippen LogP contribution in [0.2, 0.25) is 10.0 Å². The van der Waals surface area contributed by atoms with Gasteiger partial charge in [0.15, 0.2) is 5.75 Å². The van der Waals surface area contributed by atoms with Crippen LogP contribution in [0.5, 0.6) is 11.5 Å². The standard InChI is InChI=1S/C20H16Cl2N2O2/c1-13-5-3-4-6-17(13)24(2)20(25)15-9-10-23-12-19(15)26-18-11-14(21)7-8-16(18)22/h3-12H,1-2H3. The van der Waals surface area contributed by atoms with Crippen LogP contribution in [0.1, 0.15) is 15.9 Å². The summed E-state index contributed by atoms with van der Waals surface area (Å²) in [6, 6.07) is 14.2. The number of aryl methyl sites for hydroxylation is 1. The SMILES string of the molecule is Cc1ccccc1N(C)C(=O)c1ccncc1Oc1cc(Cl)ccc1Cl. The molecule has 26 heavy (non-hydrogen) atoms. The first-order valence-corrected chi connectivity index (χ1v) is 8.63. The normalized spacial score (nSPS) is 10.5. The zero-order valence-corrected chi connectivity index (χ0v) is 15.8. The minimum atomic E-state index is -0.213. The van der Waals surface area contributed by atoms with Crippen molar-refractivity contribution in [1.82, 2.24) is 4.98 Å². The van der Waals surface area contributed by atoms with E-state index in [0.29, 0.717) is 27.1 Å². The molecule has 1 heterocycles. The van der Waals surface area contributed by atoms with Gasteiger partial charge < -0.3 is 9.64 Å². The predicted molar refractivity (Wildman–Crippen MR) is 105 cm³/mol. The number of aromatic nitrogens is 1. The zero-order valence-electron chi connectivity index (χ0n) is 14.2. The molecular formula is C20H16Cl2N2O2. The summed E-state index contributed by atoms with van der Waals surface area (Å²) < 4.78 is 5.83. The van der Waals surface area contributed by atoms with Crippen molar-refractivity contribution in [2.75, 3.05) is 11.9 Å². The molecule has 0 radical (unpaired) electrons. The number of ether oxygens (including phenoxy) is 1. The Morgan fingerprint density at radius 2 is 1.85 bits per heavy atom. The fraction of sp³-hybridized carbons (Fsp3) is 0.100. The van der Waals surface area contributed by atoms with Gasteiger partial charge in [0.1, 0.15) is 5.75 Å². The quantitative estimate of drug-likeness (QED) is 0.571. The van der Waals surface area contributed by atoms with Crippen molar-refractivity contribution in [2.24, 2.45) is 0 Å². The molecule has 6 heteroatoms. The van der Waals surface area contributed by atoms with Gasteiger partial charge in [-0.05, 0) is 36.8 Å². The highest BCUT2D eigenvalue weighted by atomic mass is 35.5. The molecule has 0 aliphatic heterocycles. The minimum Gasteiger partial charge on any atom is -0.453 e. The number of halogens is 2. The summed E-state index contributed by atoms with van der Waals surface area (Å²) in [7, 11) is 1.72. The Bertz CT molecular complexity index is 960. The van der Waals surface area contributed by atoms with E-state index in [2.05, 4.69) is 4.98 Å². The predicted octanol–water partition coefficient (Wildman–Crippen LogP) is 5.77. The van der Waals surface area contributed by atoms with Crippen molar-refractivity contribution in [3.8, 4) is 11.5 Å². The Kier molecular flexibility index (Phi) is 5.45. The number of hydrogen-bond donors (Lipinski definition) is 0. The maximum absolute atomic E-state index is 13.0. The van der Waals surface area contributed by atoms with Gasteiger partial charge in [0, 0.05) is 30.0 Å². The van der Waals surface area contributed by atoms with Crippen LogP contribution in [0, 0.1) is 6.92 Å². The van der Waals surface area contributed by atoms with E-state index in [1.165, 1.54) is 6.20 Å². The number of benzene rings is 2. The molecule has 0 aliphatic carbocycles. The molecule has 0 atom stereocenters. The van der Waals surface area contributed by atoms with Crippen molar-refractivity contribution in [3.63, 3.8) is 0 Å². The number of para-hydroxylation sites is 1. The van der Waals surface area contributed by atoms with Gasteiger partial charge in [-0.15, -0.1) is 0 Å². The summed E-state index contributed by atoms with van der Waals surface area (Å²) in [5.41, 5.74) is 2.20. The smallest absolute Gasteiger partial charge is 0.261 e. The molecule has 0 unspecified atom stereocenters. The Morgan fingerprint density at radius 3 is 2.62 bits per heavy atom. The Labute approximate surface area is 162 Å². The third-order valence-corrected chi connectivity index (χ3v) is 4.46.